The summed E-state index contributed by atoms with van der Waals surface area (Å²) in [4.78, 5) is 22.0. The average molecular weight is 354 g/mol. The van der Waals surface area contributed by atoms with E-state index in [0.717, 1.165) is 29.7 Å². The number of methoxy groups -OCH3 is 1. The van der Waals surface area contributed by atoms with Crippen LogP contribution < -0.4 is 4.74 Å². The molecule has 0 unspecified atom stereocenters. The van der Waals surface area contributed by atoms with Gasteiger partial charge in [0.05, 0.1) is 23.4 Å². The molecule has 26 heavy (non-hydrogen) atoms. The standard InChI is InChI=1S/C18H18N4O4/c1-25-7-6-21-9-14-15(10-21)19-11-20-17(14)26-13-2-3-16-12(8-13)4-5-22(16)18(23)24/h2-5,8,11H,6-7,9-10H2,1H3,(H,23,24). The second-order valence-electron chi connectivity index (χ2n) is 6.10. The molecule has 3 aromatic rings. The van der Waals surface area contributed by atoms with Crippen molar-refractivity contribution in [2.45, 2.75) is 13.1 Å². The lowest BCUT2D eigenvalue weighted by molar-refractivity contribution is 0.147. The maximum absolute atomic E-state index is 11.2. The third kappa shape index (κ3) is 3.00. The van der Waals surface area contributed by atoms with Gasteiger partial charge in [-0.05, 0) is 24.3 Å². The molecule has 8 nitrogen and oxygen atoms in total. The number of hydrogen-bond acceptors (Lipinski definition) is 6. The predicted molar refractivity (Wildman–Crippen MR) is 93.5 cm³/mol. The van der Waals surface area contributed by atoms with Crippen LogP contribution in [0.15, 0.2) is 36.8 Å². The number of carboxylic acid groups (broad SMARTS) is 1. The van der Waals surface area contributed by atoms with Gasteiger partial charge < -0.3 is 14.6 Å². The summed E-state index contributed by atoms with van der Waals surface area (Å²) in [6.45, 7) is 2.94. The van der Waals surface area contributed by atoms with E-state index in [-0.39, 0.29) is 0 Å². The quantitative estimate of drug-likeness (QED) is 0.753. The number of ether oxygens (including phenoxy) is 2. The van der Waals surface area contributed by atoms with Crippen LogP contribution >= 0.6 is 0 Å². The number of benzene rings is 1. The van der Waals surface area contributed by atoms with Gasteiger partial charge in [0.25, 0.3) is 0 Å². The van der Waals surface area contributed by atoms with Crippen LogP contribution in [-0.4, -0.2) is 50.9 Å². The Balaban J connectivity index is 1.58. The molecule has 0 saturated heterocycles. The highest BCUT2D eigenvalue weighted by atomic mass is 16.5. The van der Waals surface area contributed by atoms with Crippen LogP contribution in [0.2, 0.25) is 0 Å². The molecule has 0 aliphatic carbocycles. The number of hydrogen-bond donors (Lipinski definition) is 1. The maximum Gasteiger partial charge on any atom is 0.415 e. The van der Waals surface area contributed by atoms with Crippen molar-refractivity contribution in [3.63, 3.8) is 0 Å². The minimum Gasteiger partial charge on any atom is -0.464 e. The van der Waals surface area contributed by atoms with Gasteiger partial charge in [0, 0.05) is 38.3 Å². The second-order valence-corrected chi connectivity index (χ2v) is 6.10. The number of fused-ring (bicyclic) bond motifs is 2. The number of carbonyl (C=O) groups is 1. The lowest BCUT2D eigenvalue weighted by atomic mass is 10.2. The fourth-order valence-electron chi connectivity index (χ4n) is 3.15. The molecule has 1 N–H and O–H groups in total. The van der Waals surface area contributed by atoms with Crippen LogP contribution in [0.25, 0.3) is 10.9 Å². The van der Waals surface area contributed by atoms with Gasteiger partial charge >= 0.3 is 6.09 Å². The van der Waals surface area contributed by atoms with Gasteiger partial charge in [-0.3, -0.25) is 9.47 Å². The van der Waals surface area contributed by atoms with E-state index < -0.39 is 6.09 Å². The van der Waals surface area contributed by atoms with E-state index in [1.165, 1.54) is 17.1 Å². The van der Waals surface area contributed by atoms with Crippen molar-refractivity contribution in [1.82, 2.24) is 19.4 Å². The average Bonchev–Trinajstić information content (AvgIpc) is 3.23. The van der Waals surface area contributed by atoms with Gasteiger partial charge in [-0.2, -0.15) is 0 Å². The molecule has 0 radical (unpaired) electrons. The van der Waals surface area contributed by atoms with E-state index in [1.807, 2.05) is 0 Å². The minimum atomic E-state index is -1.02. The Morgan fingerprint density at radius 2 is 2.15 bits per heavy atom. The first-order valence-corrected chi connectivity index (χ1v) is 8.22. The predicted octanol–water partition coefficient (Wildman–Crippen LogP) is 2.71. The van der Waals surface area contributed by atoms with E-state index in [4.69, 9.17) is 14.6 Å². The Bertz CT molecular complexity index is 969. The number of nitrogens with zero attached hydrogens (tertiary/aromatic N) is 4. The highest BCUT2D eigenvalue weighted by Gasteiger charge is 2.24. The molecule has 0 bridgehead atoms. The van der Waals surface area contributed by atoms with E-state index in [9.17, 15) is 4.79 Å². The molecule has 8 heteroatoms. The van der Waals surface area contributed by atoms with Gasteiger partial charge in [-0.15, -0.1) is 0 Å². The van der Waals surface area contributed by atoms with E-state index in [0.29, 0.717) is 30.3 Å². The fourth-order valence-corrected chi connectivity index (χ4v) is 3.15. The zero-order valence-corrected chi connectivity index (χ0v) is 14.3. The SMILES string of the molecule is COCCN1Cc2ncnc(Oc3ccc4c(ccn4C(=O)O)c3)c2C1. The zero-order chi connectivity index (χ0) is 18.1. The molecule has 4 rings (SSSR count). The lowest BCUT2D eigenvalue weighted by Gasteiger charge is -2.13. The van der Waals surface area contributed by atoms with Crippen LogP contribution in [0, 0.1) is 0 Å². The molecule has 0 amide bonds. The Morgan fingerprint density at radius 3 is 2.96 bits per heavy atom. The first-order valence-electron chi connectivity index (χ1n) is 8.22. The van der Waals surface area contributed by atoms with Crippen LogP contribution in [0.3, 0.4) is 0 Å². The molecule has 134 valence electrons. The Hall–Kier alpha value is -2.97. The summed E-state index contributed by atoms with van der Waals surface area (Å²) in [6, 6.07) is 7.02. The van der Waals surface area contributed by atoms with Gasteiger partial charge in [0.1, 0.15) is 12.1 Å². The van der Waals surface area contributed by atoms with E-state index in [1.54, 1.807) is 31.4 Å². The van der Waals surface area contributed by atoms with Gasteiger partial charge in [0.15, 0.2) is 0 Å². The Labute approximate surface area is 149 Å². The van der Waals surface area contributed by atoms with Gasteiger partial charge in [-0.25, -0.2) is 14.8 Å². The van der Waals surface area contributed by atoms with Crippen LogP contribution in [0.1, 0.15) is 11.3 Å². The number of aromatic nitrogens is 3. The highest BCUT2D eigenvalue weighted by molar-refractivity contribution is 5.89. The smallest absolute Gasteiger partial charge is 0.415 e. The van der Waals surface area contributed by atoms with Crippen LogP contribution in [0.4, 0.5) is 4.79 Å². The largest absolute Gasteiger partial charge is 0.464 e. The number of rotatable bonds is 5. The lowest BCUT2D eigenvalue weighted by Crippen LogP contribution is -2.21. The van der Waals surface area contributed by atoms with E-state index in [2.05, 4.69) is 14.9 Å². The van der Waals surface area contributed by atoms with Crippen molar-refractivity contribution >= 4 is 17.0 Å². The molecule has 2 aromatic heterocycles. The molecular weight excluding hydrogens is 336 g/mol. The molecule has 1 aliphatic heterocycles. The molecule has 0 atom stereocenters. The topological polar surface area (TPSA) is 89.7 Å². The van der Waals surface area contributed by atoms with E-state index >= 15 is 0 Å². The Morgan fingerprint density at radius 1 is 1.27 bits per heavy atom. The minimum absolute atomic E-state index is 0.534. The Kier molecular flexibility index (Phi) is 4.27. The van der Waals surface area contributed by atoms with Gasteiger partial charge in [0.2, 0.25) is 5.88 Å². The summed E-state index contributed by atoms with van der Waals surface area (Å²) in [5.74, 6) is 1.14. The molecule has 0 saturated carbocycles. The van der Waals surface area contributed by atoms with Crippen molar-refractivity contribution in [3.8, 4) is 11.6 Å². The molecular formula is C18H18N4O4. The molecule has 1 aromatic carbocycles. The molecule has 0 spiro atoms. The molecule has 0 fully saturated rings. The van der Waals surface area contributed by atoms with Crippen LogP contribution in [0.5, 0.6) is 11.6 Å². The van der Waals surface area contributed by atoms with Crippen molar-refractivity contribution in [3.05, 3.63) is 48.0 Å². The zero-order valence-electron chi connectivity index (χ0n) is 14.3. The van der Waals surface area contributed by atoms with Gasteiger partial charge in [-0.1, -0.05) is 0 Å². The first kappa shape index (κ1) is 16.5. The first-order chi connectivity index (χ1) is 12.7. The normalized spacial score (nSPS) is 13.9. The molecule has 1 aliphatic rings. The monoisotopic (exact) mass is 354 g/mol. The third-order valence-electron chi connectivity index (χ3n) is 4.44. The third-order valence-corrected chi connectivity index (χ3v) is 4.44. The van der Waals surface area contributed by atoms with Crippen molar-refractivity contribution in [2.75, 3.05) is 20.3 Å². The van der Waals surface area contributed by atoms with Crippen LogP contribution in [-0.2, 0) is 17.8 Å². The fraction of sp³-hybridized carbons (Fsp3) is 0.278. The second kappa shape index (κ2) is 6.74. The summed E-state index contributed by atoms with van der Waals surface area (Å²) >= 11 is 0. The summed E-state index contributed by atoms with van der Waals surface area (Å²) in [5.41, 5.74) is 2.56. The van der Waals surface area contributed by atoms with Crippen molar-refractivity contribution < 1.29 is 19.4 Å². The van der Waals surface area contributed by atoms with Crippen molar-refractivity contribution in [1.29, 1.82) is 0 Å². The summed E-state index contributed by atoms with van der Waals surface area (Å²) in [7, 11) is 1.69. The maximum atomic E-state index is 11.2. The summed E-state index contributed by atoms with van der Waals surface area (Å²) < 4.78 is 12.3. The summed E-state index contributed by atoms with van der Waals surface area (Å²) in [6.07, 6.45) is 2.01. The van der Waals surface area contributed by atoms with Crippen molar-refractivity contribution in [2.24, 2.45) is 0 Å². The molecule has 3 heterocycles. The highest BCUT2D eigenvalue weighted by Crippen LogP contribution is 2.32. The summed E-state index contributed by atoms with van der Waals surface area (Å²) in [5, 5.41) is 9.96.